The first-order valence-corrected chi connectivity index (χ1v) is 6.56. The van der Waals surface area contributed by atoms with Crippen LogP contribution in [-0.2, 0) is 9.53 Å². The van der Waals surface area contributed by atoms with E-state index in [2.05, 4.69) is 10.3 Å². The van der Waals surface area contributed by atoms with E-state index in [4.69, 9.17) is 4.74 Å². The van der Waals surface area contributed by atoms with Crippen molar-refractivity contribution in [3.05, 3.63) is 0 Å². The van der Waals surface area contributed by atoms with E-state index in [0.717, 1.165) is 31.5 Å². The molecule has 0 unspecified atom stereocenters. The molecule has 1 heterocycles. The highest BCUT2D eigenvalue weighted by Crippen LogP contribution is 2.35. The van der Waals surface area contributed by atoms with Gasteiger partial charge in [-0.1, -0.05) is 19.3 Å². The lowest BCUT2D eigenvalue weighted by atomic mass is 9.83. The molecule has 4 nitrogen and oxygen atoms in total. The van der Waals surface area contributed by atoms with Crippen LogP contribution < -0.4 is 5.32 Å². The number of hydrogen-bond acceptors (Lipinski definition) is 3. The van der Waals surface area contributed by atoms with Gasteiger partial charge in [-0.2, -0.15) is 0 Å². The molecule has 2 rings (SSSR count). The molecule has 0 aromatic rings. The average Bonchev–Trinajstić information content (AvgIpc) is 2.56. The van der Waals surface area contributed by atoms with Crippen molar-refractivity contribution >= 4 is 11.7 Å². The lowest BCUT2D eigenvalue weighted by Crippen LogP contribution is -2.49. The van der Waals surface area contributed by atoms with Gasteiger partial charge in [0.05, 0.1) is 0 Å². The summed E-state index contributed by atoms with van der Waals surface area (Å²) >= 11 is 0. The van der Waals surface area contributed by atoms with Crippen LogP contribution in [0.3, 0.4) is 0 Å². The monoisotopic (exact) mass is 238 g/mol. The molecule has 1 fully saturated rings. The summed E-state index contributed by atoms with van der Waals surface area (Å²) in [5.74, 6) is 0.742. The minimum absolute atomic E-state index is 0.0165. The normalized spacial score (nSPS) is 26.5. The quantitative estimate of drug-likeness (QED) is 0.818. The van der Waals surface area contributed by atoms with Gasteiger partial charge in [0.15, 0.2) is 0 Å². The molecule has 2 aliphatic rings. The van der Waals surface area contributed by atoms with Crippen molar-refractivity contribution in [2.24, 2.45) is 4.99 Å². The SMILES string of the molecule is CCOC1(C2=NC(C)(C)C(=O)N2)CCCCC1. The number of amidine groups is 1. The summed E-state index contributed by atoms with van der Waals surface area (Å²) in [4.78, 5) is 16.4. The zero-order chi connectivity index (χ0) is 12.5. The number of rotatable bonds is 3. The molecule has 0 saturated heterocycles. The fraction of sp³-hybridized carbons (Fsp3) is 0.846. The number of ether oxygens (including phenoxy) is 1. The van der Waals surface area contributed by atoms with E-state index in [-0.39, 0.29) is 11.5 Å². The van der Waals surface area contributed by atoms with Crippen molar-refractivity contribution in [3.8, 4) is 0 Å². The van der Waals surface area contributed by atoms with Crippen LogP contribution in [0.15, 0.2) is 4.99 Å². The summed E-state index contributed by atoms with van der Waals surface area (Å²) in [6, 6.07) is 0. The van der Waals surface area contributed by atoms with Crippen molar-refractivity contribution in [3.63, 3.8) is 0 Å². The Balaban J connectivity index is 2.25. The maximum Gasteiger partial charge on any atom is 0.252 e. The predicted molar refractivity (Wildman–Crippen MR) is 67.1 cm³/mol. The van der Waals surface area contributed by atoms with Gasteiger partial charge < -0.3 is 10.1 Å². The number of hydrogen-bond donors (Lipinski definition) is 1. The van der Waals surface area contributed by atoms with Crippen molar-refractivity contribution in [1.82, 2.24) is 5.32 Å². The largest absolute Gasteiger partial charge is 0.367 e. The lowest BCUT2D eigenvalue weighted by molar-refractivity contribution is -0.122. The second kappa shape index (κ2) is 4.41. The first kappa shape index (κ1) is 12.6. The van der Waals surface area contributed by atoms with Gasteiger partial charge in [0.25, 0.3) is 5.91 Å². The van der Waals surface area contributed by atoms with Gasteiger partial charge in [-0.15, -0.1) is 0 Å². The summed E-state index contributed by atoms with van der Waals surface area (Å²) in [7, 11) is 0. The van der Waals surface area contributed by atoms with E-state index in [1.165, 1.54) is 6.42 Å². The first-order valence-electron chi connectivity index (χ1n) is 6.56. The molecule has 1 aliphatic carbocycles. The van der Waals surface area contributed by atoms with Crippen molar-refractivity contribution in [1.29, 1.82) is 0 Å². The molecule has 0 aromatic carbocycles. The third kappa shape index (κ3) is 2.23. The smallest absolute Gasteiger partial charge is 0.252 e. The first-order chi connectivity index (χ1) is 8.00. The molecule has 0 radical (unpaired) electrons. The van der Waals surface area contributed by atoms with E-state index in [1.54, 1.807) is 0 Å². The molecule has 4 heteroatoms. The Morgan fingerprint density at radius 1 is 1.29 bits per heavy atom. The number of carbonyl (C=O) groups excluding carboxylic acids is 1. The van der Waals surface area contributed by atoms with Gasteiger partial charge in [-0.05, 0) is 33.6 Å². The highest BCUT2D eigenvalue weighted by atomic mass is 16.5. The van der Waals surface area contributed by atoms with Gasteiger partial charge >= 0.3 is 0 Å². The fourth-order valence-electron chi connectivity index (χ4n) is 2.68. The maximum absolute atomic E-state index is 11.8. The Kier molecular flexibility index (Phi) is 3.25. The third-order valence-corrected chi connectivity index (χ3v) is 3.69. The molecule has 0 bridgehead atoms. The molecule has 0 atom stereocenters. The highest BCUT2D eigenvalue weighted by Gasteiger charge is 2.45. The molecule has 96 valence electrons. The highest BCUT2D eigenvalue weighted by molar-refractivity contribution is 6.11. The molecule has 1 amide bonds. The van der Waals surface area contributed by atoms with Gasteiger partial charge in [-0.3, -0.25) is 9.79 Å². The Labute approximate surface area is 103 Å². The number of aliphatic imine (C=N–C) groups is 1. The lowest BCUT2D eigenvalue weighted by Gasteiger charge is -2.36. The number of amides is 1. The van der Waals surface area contributed by atoms with Gasteiger partial charge in [0.1, 0.15) is 17.0 Å². The van der Waals surface area contributed by atoms with Gasteiger partial charge in [0.2, 0.25) is 0 Å². The Bertz CT molecular complexity index is 336. The fourth-order valence-corrected chi connectivity index (χ4v) is 2.68. The molecule has 1 N–H and O–H groups in total. The zero-order valence-corrected chi connectivity index (χ0v) is 11.0. The number of carbonyl (C=O) groups is 1. The molecular weight excluding hydrogens is 216 g/mol. The third-order valence-electron chi connectivity index (χ3n) is 3.69. The van der Waals surface area contributed by atoms with E-state index in [0.29, 0.717) is 6.61 Å². The van der Waals surface area contributed by atoms with Gasteiger partial charge in [0, 0.05) is 6.61 Å². The standard InChI is InChI=1S/C13H22N2O2/c1-4-17-13(8-6-5-7-9-13)10-14-11(16)12(2,3)15-10/h4-9H2,1-3H3,(H,14,15,16). The second-order valence-electron chi connectivity index (χ2n) is 5.46. The molecule has 0 spiro atoms. The Morgan fingerprint density at radius 3 is 2.41 bits per heavy atom. The van der Waals surface area contributed by atoms with E-state index in [1.807, 2.05) is 20.8 Å². The summed E-state index contributed by atoms with van der Waals surface area (Å²) < 4.78 is 5.95. The Hall–Kier alpha value is -0.900. The maximum atomic E-state index is 11.8. The van der Waals surface area contributed by atoms with Crippen LogP contribution >= 0.6 is 0 Å². The topological polar surface area (TPSA) is 50.7 Å². The van der Waals surface area contributed by atoms with E-state index in [9.17, 15) is 4.79 Å². The zero-order valence-electron chi connectivity index (χ0n) is 11.0. The van der Waals surface area contributed by atoms with Crippen LogP contribution in [0.5, 0.6) is 0 Å². The minimum Gasteiger partial charge on any atom is -0.367 e. The molecule has 1 saturated carbocycles. The summed E-state index contributed by atoms with van der Waals surface area (Å²) in [5, 5.41) is 2.93. The summed E-state index contributed by atoms with van der Waals surface area (Å²) in [6.07, 6.45) is 5.48. The predicted octanol–water partition coefficient (Wildman–Crippen LogP) is 2.03. The molecule has 17 heavy (non-hydrogen) atoms. The van der Waals surface area contributed by atoms with Crippen molar-refractivity contribution < 1.29 is 9.53 Å². The van der Waals surface area contributed by atoms with Crippen LogP contribution in [0.4, 0.5) is 0 Å². The van der Waals surface area contributed by atoms with Crippen LogP contribution in [0.25, 0.3) is 0 Å². The summed E-state index contributed by atoms with van der Waals surface area (Å²) in [6.45, 7) is 6.35. The minimum atomic E-state index is -0.642. The van der Waals surface area contributed by atoms with E-state index < -0.39 is 5.54 Å². The summed E-state index contributed by atoms with van der Waals surface area (Å²) in [5.41, 5.74) is -0.979. The number of nitrogens with one attached hydrogen (secondary N) is 1. The van der Waals surface area contributed by atoms with Gasteiger partial charge in [-0.25, -0.2) is 0 Å². The van der Waals surface area contributed by atoms with Crippen LogP contribution in [0.1, 0.15) is 52.9 Å². The van der Waals surface area contributed by atoms with Crippen LogP contribution in [0, 0.1) is 0 Å². The molecular formula is C13H22N2O2. The van der Waals surface area contributed by atoms with Crippen LogP contribution in [0.2, 0.25) is 0 Å². The van der Waals surface area contributed by atoms with Crippen LogP contribution in [-0.4, -0.2) is 29.5 Å². The molecule has 1 aliphatic heterocycles. The van der Waals surface area contributed by atoms with Crippen molar-refractivity contribution in [2.75, 3.05) is 6.61 Å². The Morgan fingerprint density at radius 2 is 1.94 bits per heavy atom. The number of nitrogens with zero attached hydrogens (tertiary/aromatic N) is 1. The van der Waals surface area contributed by atoms with Crippen molar-refractivity contribution in [2.45, 2.75) is 64.0 Å². The second-order valence-corrected chi connectivity index (χ2v) is 5.46. The van der Waals surface area contributed by atoms with E-state index >= 15 is 0 Å². The average molecular weight is 238 g/mol. The molecule has 0 aromatic heterocycles.